The molecular formula is C41H67F3N6. The Labute approximate surface area is 302 Å². The molecule has 1 aromatic rings. The molecule has 2 aliphatic heterocycles. The minimum Gasteiger partial charge on any atom is -0.384 e. The predicted molar refractivity (Wildman–Crippen MR) is 207 cm³/mol. The van der Waals surface area contributed by atoms with Gasteiger partial charge in [-0.25, -0.2) is 4.99 Å². The molecule has 0 spiro atoms. The Morgan fingerprint density at radius 2 is 1.68 bits per heavy atom. The first kappa shape index (κ1) is 41.6. The van der Waals surface area contributed by atoms with Crippen molar-refractivity contribution in [2.45, 2.75) is 124 Å². The highest BCUT2D eigenvalue weighted by Gasteiger charge is 2.36. The largest absolute Gasteiger partial charge is 0.419 e. The lowest BCUT2D eigenvalue weighted by Crippen LogP contribution is -2.46. The summed E-state index contributed by atoms with van der Waals surface area (Å²) in [7, 11) is 2.21. The first-order chi connectivity index (χ1) is 23.7. The Hall–Kier alpha value is -2.78. The molecule has 0 atom stereocenters. The number of aryl methyl sites for hydroxylation is 1. The number of unbranched alkanes of at least 4 members (excludes halogenated alkanes) is 2. The van der Waals surface area contributed by atoms with Gasteiger partial charge in [0, 0.05) is 49.0 Å². The van der Waals surface area contributed by atoms with Gasteiger partial charge in [-0.15, -0.1) is 0 Å². The van der Waals surface area contributed by atoms with E-state index in [1.165, 1.54) is 31.5 Å². The fourth-order valence-electron chi connectivity index (χ4n) is 7.32. The van der Waals surface area contributed by atoms with Gasteiger partial charge in [-0.1, -0.05) is 72.8 Å². The molecule has 3 rings (SSSR count). The van der Waals surface area contributed by atoms with Crippen LogP contribution in [0, 0.1) is 5.41 Å². The molecule has 50 heavy (non-hydrogen) atoms. The fraction of sp³-hybridized carbons (Fsp3) is 0.683. The predicted octanol–water partition coefficient (Wildman–Crippen LogP) is 9.73. The molecule has 282 valence electrons. The number of nitrogens with one attached hydrogen (secondary N) is 2. The second kappa shape index (κ2) is 19.7. The van der Waals surface area contributed by atoms with Crippen LogP contribution in [0.3, 0.4) is 0 Å². The average Bonchev–Trinajstić information content (AvgIpc) is 3.07. The zero-order valence-corrected chi connectivity index (χ0v) is 32.3. The number of rotatable bonds is 18. The third kappa shape index (κ3) is 13.1. The highest BCUT2D eigenvalue weighted by molar-refractivity contribution is 5.94. The molecule has 0 saturated carbocycles. The van der Waals surface area contributed by atoms with Gasteiger partial charge in [0.15, 0.2) is 0 Å². The maximum Gasteiger partial charge on any atom is 0.419 e. The van der Waals surface area contributed by atoms with Crippen molar-refractivity contribution in [3.63, 3.8) is 0 Å². The van der Waals surface area contributed by atoms with E-state index in [4.69, 9.17) is 0 Å². The second-order valence-corrected chi connectivity index (χ2v) is 15.4. The van der Waals surface area contributed by atoms with Crippen molar-refractivity contribution in [1.82, 2.24) is 20.0 Å². The first-order valence-corrected chi connectivity index (χ1v) is 19.2. The van der Waals surface area contributed by atoms with Crippen LogP contribution in [0.2, 0.25) is 0 Å². The highest BCUT2D eigenvalue weighted by atomic mass is 19.4. The number of likely N-dealkylation sites (tertiary alicyclic amines) is 2. The zero-order valence-electron chi connectivity index (χ0n) is 32.3. The molecule has 0 radical (unpaired) electrons. The molecule has 2 fully saturated rings. The van der Waals surface area contributed by atoms with E-state index < -0.39 is 11.7 Å². The van der Waals surface area contributed by atoms with Gasteiger partial charge in [0.25, 0.3) is 0 Å². The van der Waals surface area contributed by atoms with E-state index in [1.807, 2.05) is 0 Å². The van der Waals surface area contributed by atoms with E-state index in [2.05, 4.69) is 103 Å². The third-order valence-electron chi connectivity index (χ3n) is 10.5. The van der Waals surface area contributed by atoms with Crippen molar-refractivity contribution in [2.24, 2.45) is 10.4 Å². The molecule has 0 unspecified atom stereocenters. The van der Waals surface area contributed by atoms with Crippen molar-refractivity contribution in [3.05, 3.63) is 65.7 Å². The summed E-state index contributed by atoms with van der Waals surface area (Å²) in [6.45, 7) is 26.9. The van der Waals surface area contributed by atoms with Gasteiger partial charge in [-0.2, -0.15) is 13.2 Å². The number of alkyl halides is 3. The molecule has 0 bridgehead atoms. The first-order valence-electron chi connectivity index (χ1n) is 19.2. The average molecular weight is 701 g/mol. The van der Waals surface area contributed by atoms with E-state index in [-0.39, 0.29) is 11.1 Å². The van der Waals surface area contributed by atoms with E-state index in [9.17, 15) is 13.2 Å². The van der Waals surface area contributed by atoms with Crippen LogP contribution in [0.1, 0.15) is 116 Å². The van der Waals surface area contributed by atoms with Crippen molar-refractivity contribution in [1.29, 1.82) is 0 Å². The molecule has 6 nitrogen and oxygen atoms in total. The molecule has 1 aromatic carbocycles. The van der Waals surface area contributed by atoms with Crippen LogP contribution in [-0.2, 0) is 6.42 Å². The summed E-state index contributed by atoms with van der Waals surface area (Å²) >= 11 is 0. The number of anilines is 1. The molecule has 2 aliphatic rings. The molecule has 2 saturated heterocycles. The molecule has 0 aliphatic carbocycles. The molecule has 2 N–H and O–H groups in total. The van der Waals surface area contributed by atoms with Crippen LogP contribution < -0.4 is 10.6 Å². The number of hydrogen-bond donors (Lipinski definition) is 2. The van der Waals surface area contributed by atoms with Crippen LogP contribution in [0.4, 0.5) is 18.9 Å². The summed E-state index contributed by atoms with van der Waals surface area (Å²) in [6, 6.07) is 7.23. The van der Waals surface area contributed by atoms with E-state index in [0.29, 0.717) is 30.9 Å². The normalized spacial score (nSPS) is 18.0. The number of nitrogens with zero attached hydrogens (tertiary/aromatic N) is 4. The molecule has 0 amide bonds. The van der Waals surface area contributed by atoms with Crippen LogP contribution >= 0.6 is 0 Å². The van der Waals surface area contributed by atoms with Gasteiger partial charge in [-0.05, 0) is 120 Å². The maximum absolute atomic E-state index is 14.2. The number of hydrogen-bond acceptors (Lipinski definition) is 5. The van der Waals surface area contributed by atoms with Crippen LogP contribution in [0.25, 0.3) is 0 Å². The number of benzene rings is 1. The standard InChI is InChI=1S/C41H67F3N6/c1-10-13-14-15-31(4)50(22-11-2)30-40(7,8)29-46-32(5)38(41(42,43)44)28-45-33(6)47-39-17-16-36(27-34(39)12-3)35-18-25-49(26-19-35)37-20-23-48(9)24-21-37/h16-17,27-28,35,37,46H,4-5,10-15,18-26,29-30H2,1-3,6-9H3,(H,45,47)/b38-28+. The number of allylic oxidation sites excluding steroid dienone is 2. The lowest BCUT2D eigenvalue weighted by Gasteiger charge is -2.41. The van der Waals surface area contributed by atoms with Gasteiger partial charge in [0.2, 0.25) is 0 Å². The number of piperidine rings is 2. The zero-order chi connectivity index (χ0) is 36.9. The van der Waals surface area contributed by atoms with Crippen LogP contribution in [0.5, 0.6) is 0 Å². The molecule has 9 heteroatoms. The number of aliphatic imine (C=N–C) groups is 1. The highest BCUT2D eigenvalue weighted by Crippen LogP contribution is 2.34. The summed E-state index contributed by atoms with van der Waals surface area (Å²) in [5.41, 5.74) is 3.13. The van der Waals surface area contributed by atoms with Gasteiger partial charge >= 0.3 is 6.18 Å². The molecule has 0 aromatic heterocycles. The summed E-state index contributed by atoms with van der Waals surface area (Å²) in [5, 5.41) is 6.26. The summed E-state index contributed by atoms with van der Waals surface area (Å²) in [5.74, 6) is 0.928. The minimum atomic E-state index is -4.60. The van der Waals surface area contributed by atoms with E-state index in [1.54, 1.807) is 6.92 Å². The monoisotopic (exact) mass is 701 g/mol. The van der Waals surface area contributed by atoms with Gasteiger partial charge < -0.3 is 25.3 Å². The van der Waals surface area contributed by atoms with Crippen LogP contribution in [-0.4, -0.2) is 85.6 Å². The lowest BCUT2D eigenvalue weighted by atomic mass is 9.86. The Morgan fingerprint density at radius 1 is 1.00 bits per heavy atom. The van der Waals surface area contributed by atoms with Gasteiger partial charge in [0.05, 0.1) is 5.57 Å². The number of amidine groups is 1. The van der Waals surface area contributed by atoms with Gasteiger partial charge in [0.1, 0.15) is 5.84 Å². The van der Waals surface area contributed by atoms with E-state index >= 15 is 0 Å². The topological polar surface area (TPSA) is 46.1 Å². The summed E-state index contributed by atoms with van der Waals surface area (Å²) in [6.07, 6.45) is 7.30. The second-order valence-electron chi connectivity index (χ2n) is 15.4. The SMILES string of the molecule is C=C(NCC(C)(C)CN(CCC)C(=C)CCCCC)/C(=C\N=C(C)Nc1ccc(C2CCN(C3CCN(C)CC3)CC2)cc1CC)C(F)(F)F. The molecular weight excluding hydrogens is 633 g/mol. The summed E-state index contributed by atoms with van der Waals surface area (Å²) in [4.78, 5) is 11.6. The Bertz CT molecular complexity index is 1280. The van der Waals surface area contributed by atoms with Crippen molar-refractivity contribution in [2.75, 3.05) is 58.2 Å². The van der Waals surface area contributed by atoms with Crippen molar-refractivity contribution < 1.29 is 13.2 Å². The van der Waals surface area contributed by atoms with Gasteiger partial charge in [-0.3, -0.25) is 0 Å². The maximum atomic E-state index is 14.2. The number of halogens is 3. The summed E-state index contributed by atoms with van der Waals surface area (Å²) < 4.78 is 42.7. The quantitative estimate of drug-likeness (QED) is 0.0691. The van der Waals surface area contributed by atoms with Crippen LogP contribution in [0.15, 0.2) is 59.5 Å². The Kier molecular flexibility index (Phi) is 16.4. The lowest BCUT2D eigenvalue weighted by molar-refractivity contribution is -0.0900. The van der Waals surface area contributed by atoms with Crippen molar-refractivity contribution >= 4 is 11.5 Å². The Morgan fingerprint density at radius 3 is 2.28 bits per heavy atom. The smallest absolute Gasteiger partial charge is 0.384 e. The Balaban J connectivity index is 1.62. The van der Waals surface area contributed by atoms with E-state index in [0.717, 1.165) is 94.1 Å². The van der Waals surface area contributed by atoms with Crippen molar-refractivity contribution in [3.8, 4) is 0 Å². The molecule has 2 heterocycles. The fourth-order valence-corrected chi connectivity index (χ4v) is 7.32. The minimum absolute atomic E-state index is 0.175. The third-order valence-corrected chi connectivity index (χ3v) is 10.5.